The smallest absolute Gasteiger partial charge is 0.374 e. The molecule has 19 heavy (non-hydrogen) atoms. The molecule has 10 heteroatoms. The fourth-order valence-corrected chi connectivity index (χ4v) is 3.74. The number of carbonyl (C=O) groups is 1. The molecule has 0 aromatic carbocycles. The topological polar surface area (TPSA) is 105 Å². The van der Waals surface area contributed by atoms with Gasteiger partial charge in [0.15, 0.2) is 0 Å². The molecule has 0 aromatic heterocycles. The number of carbonyl (C=O) groups excluding carboxylic acids is 1. The second-order valence-electron chi connectivity index (χ2n) is 3.52. The Bertz CT molecular complexity index is 476. The summed E-state index contributed by atoms with van der Waals surface area (Å²) in [6, 6.07) is 0. The molecule has 112 valence electrons. The fourth-order valence-electron chi connectivity index (χ4n) is 1.18. The van der Waals surface area contributed by atoms with E-state index in [1.165, 1.54) is 6.08 Å². The summed E-state index contributed by atoms with van der Waals surface area (Å²) >= 11 is 0. The van der Waals surface area contributed by atoms with E-state index < -0.39 is 29.0 Å². The van der Waals surface area contributed by atoms with Gasteiger partial charge in [0.1, 0.15) is 6.61 Å². The van der Waals surface area contributed by atoms with Crippen molar-refractivity contribution >= 4 is 23.7 Å². The van der Waals surface area contributed by atoms with Gasteiger partial charge in [-0.05, 0) is 6.92 Å². The summed E-state index contributed by atoms with van der Waals surface area (Å²) in [5.74, 6) is -1.20. The van der Waals surface area contributed by atoms with Gasteiger partial charge >= 0.3 is 13.6 Å². The number of esters is 1. The van der Waals surface area contributed by atoms with Gasteiger partial charge in [0, 0.05) is 14.2 Å². The molecule has 0 amide bonds. The average molecular weight is 316 g/mol. The number of hydrogen-bond acceptors (Lipinski definition) is 8. The summed E-state index contributed by atoms with van der Waals surface area (Å²) in [6.45, 7) is 4.06. The maximum absolute atomic E-state index is 12.3. The van der Waals surface area contributed by atoms with Crippen molar-refractivity contribution in [2.24, 2.45) is 0 Å². The minimum atomic E-state index is -4.21. The normalized spacial score (nSPS) is 15.6. The van der Waals surface area contributed by atoms with Crippen LogP contribution >= 0.6 is 7.60 Å². The van der Waals surface area contributed by atoms with E-state index in [2.05, 4.69) is 24.5 Å². The summed E-state index contributed by atoms with van der Waals surface area (Å²) in [6.07, 6.45) is 1.95. The lowest BCUT2D eigenvalue weighted by Gasteiger charge is -2.30. The Kier molecular flexibility index (Phi) is 6.37. The summed E-state index contributed by atoms with van der Waals surface area (Å²) < 4.78 is 53.2. The molecule has 1 atom stereocenters. The first-order valence-corrected chi connectivity index (χ1v) is 8.32. The van der Waals surface area contributed by atoms with Crippen LogP contribution in [-0.2, 0) is 37.4 Å². The third kappa shape index (κ3) is 4.39. The van der Waals surface area contributed by atoms with Crippen molar-refractivity contribution in [1.29, 1.82) is 0 Å². The monoisotopic (exact) mass is 316 g/mol. The first-order valence-electron chi connectivity index (χ1n) is 4.96. The molecule has 0 aromatic rings. The van der Waals surface area contributed by atoms with Gasteiger partial charge in [-0.2, -0.15) is 8.42 Å². The highest BCUT2D eigenvalue weighted by Crippen LogP contribution is 2.60. The van der Waals surface area contributed by atoms with Gasteiger partial charge in [0.05, 0.1) is 6.26 Å². The highest BCUT2D eigenvalue weighted by Gasteiger charge is 2.57. The molecule has 0 bridgehead atoms. The quantitative estimate of drug-likeness (QED) is 0.281. The van der Waals surface area contributed by atoms with Crippen molar-refractivity contribution in [3.05, 3.63) is 12.7 Å². The van der Waals surface area contributed by atoms with Gasteiger partial charge in [0.25, 0.3) is 15.5 Å². The number of hydrogen-bond donors (Lipinski definition) is 0. The summed E-state index contributed by atoms with van der Waals surface area (Å²) in [5.41, 5.74) is 0. The van der Waals surface area contributed by atoms with E-state index in [0.29, 0.717) is 6.26 Å². The zero-order valence-corrected chi connectivity index (χ0v) is 12.8. The first-order chi connectivity index (χ1) is 8.56. The molecular weight excluding hydrogens is 299 g/mol. The lowest BCUT2D eigenvalue weighted by Crippen LogP contribution is -2.42. The molecular formula is C9H17O8PS. The molecule has 1 unspecified atom stereocenters. The van der Waals surface area contributed by atoms with Crippen LogP contribution in [0, 0.1) is 0 Å². The van der Waals surface area contributed by atoms with Crippen molar-refractivity contribution in [2.45, 2.75) is 12.3 Å². The van der Waals surface area contributed by atoms with E-state index in [0.717, 1.165) is 21.1 Å². The first kappa shape index (κ1) is 18.3. The van der Waals surface area contributed by atoms with Crippen LogP contribution in [0.15, 0.2) is 12.7 Å². The van der Waals surface area contributed by atoms with Crippen molar-refractivity contribution in [2.75, 3.05) is 27.1 Å². The number of ether oxygens (including phenoxy) is 1. The Morgan fingerprint density at radius 1 is 1.37 bits per heavy atom. The minimum Gasteiger partial charge on any atom is -0.459 e. The van der Waals surface area contributed by atoms with Crippen molar-refractivity contribution in [3.63, 3.8) is 0 Å². The van der Waals surface area contributed by atoms with Crippen molar-refractivity contribution in [3.8, 4) is 0 Å². The Morgan fingerprint density at radius 2 is 1.84 bits per heavy atom. The molecule has 0 aliphatic heterocycles. The summed E-state index contributed by atoms with van der Waals surface area (Å²) in [5, 5.41) is -2.44. The molecule has 8 nitrogen and oxygen atoms in total. The van der Waals surface area contributed by atoms with Crippen LogP contribution in [0.4, 0.5) is 0 Å². The highest BCUT2D eigenvalue weighted by atomic mass is 32.2. The van der Waals surface area contributed by atoms with Gasteiger partial charge in [-0.1, -0.05) is 12.7 Å². The van der Waals surface area contributed by atoms with Gasteiger partial charge in [0.2, 0.25) is 0 Å². The molecule has 0 radical (unpaired) electrons. The van der Waals surface area contributed by atoms with Crippen LogP contribution in [0.5, 0.6) is 0 Å². The van der Waals surface area contributed by atoms with Crippen LogP contribution < -0.4 is 0 Å². The minimum absolute atomic E-state index is 0.213. The Balaban J connectivity index is 5.66. The molecule has 0 saturated carbocycles. The summed E-state index contributed by atoms with van der Waals surface area (Å²) in [7, 11) is -6.33. The molecule has 0 aliphatic rings. The molecule has 0 spiro atoms. The van der Waals surface area contributed by atoms with Gasteiger partial charge in [-0.3, -0.25) is 4.57 Å². The largest absolute Gasteiger partial charge is 0.459 e. The fraction of sp³-hybridized carbons (Fsp3) is 0.667. The van der Waals surface area contributed by atoms with Crippen LogP contribution in [0.3, 0.4) is 0 Å². The Labute approximate surface area is 112 Å². The third-order valence-corrected chi connectivity index (χ3v) is 5.07. The van der Waals surface area contributed by atoms with Gasteiger partial charge in [-0.25, -0.2) is 8.98 Å². The van der Waals surface area contributed by atoms with E-state index in [1.54, 1.807) is 0 Å². The molecule has 0 saturated heterocycles. The van der Waals surface area contributed by atoms with Gasteiger partial charge < -0.3 is 13.8 Å². The molecule has 0 rings (SSSR count). The van der Waals surface area contributed by atoms with Crippen LogP contribution in [0.25, 0.3) is 0 Å². The van der Waals surface area contributed by atoms with E-state index in [4.69, 9.17) is 0 Å². The van der Waals surface area contributed by atoms with Crippen LogP contribution in [-0.4, -0.2) is 46.8 Å². The zero-order valence-electron chi connectivity index (χ0n) is 11.1. The Morgan fingerprint density at radius 3 is 2.16 bits per heavy atom. The SMILES string of the molecule is C=CCOC(=O)C(C)(OS(C)(=O)=O)P(=O)(OC)OC. The lowest BCUT2D eigenvalue weighted by molar-refractivity contribution is -0.153. The van der Waals surface area contributed by atoms with Gasteiger partial charge in [-0.15, -0.1) is 0 Å². The molecule has 0 aliphatic carbocycles. The van der Waals surface area contributed by atoms with E-state index >= 15 is 0 Å². The average Bonchev–Trinajstić information content (AvgIpc) is 2.32. The van der Waals surface area contributed by atoms with Crippen LogP contribution in [0.1, 0.15) is 6.92 Å². The molecule has 0 fully saturated rings. The zero-order chi connectivity index (χ0) is 15.3. The second kappa shape index (κ2) is 6.62. The molecule has 0 N–H and O–H groups in total. The highest BCUT2D eigenvalue weighted by molar-refractivity contribution is 7.86. The molecule has 0 heterocycles. The van der Waals surface area contributed by atoms with E-state index in [-0.39, 0.29) is 6.61 Å². The van der Waals surface area contributed by atoms with Crippen LogP contribution in [0.2, 0.25) is 0 Å². The number of rotatable bonds is 8. The predicted molar refractivity (Wildman–Crippen MR) is 67.1 cm³/mol. The third-order valence-electron chi connectivity index (χ3n) is 2.03. The summed E-state index contributed by atoms with van der Waals surface area (Å²) in [4.78, 5) is 11.9. The maximum atomic E-state index is 12.3. The van der Waals surface area contributed by atoms with Crippen molar-refractivity contribution < 1.29 is 35.7 Å². The van der Waals surface area contributed by atoms with E-state index in [9.17, 15) is 17.8 Å². The second-order valence-corrected chi connectivity index (χ2v) is 7.67. The Hall–Kier alpha value is -0.730. The maximum Gasteiger partial charge on any atom is 0.374 e. The lowest BCUT2D eigenvalue weighted by atomic mass is 10.4. The van der Waals surface area contributed by atoms with Crippen molar-refractivity contribution in [1.82, 2.24) is 0 Å². The van der Waals surface area contributed by atoms with E-state index in [1.807, 2.05) is 0 Å². The predicted octanol–water partition coefficient (Wildman–Crippen LogP) is 0.894. The standard InChI is InChI=1S/C9H17O8PS/c1-6-7-16-8(10)9(2,17-19(5,12)13)18(11,14-3)15-4/h6H,1,7H2,2-5H3.